The summed E-state index contributed by atoms with van der Waals surface area (Å²) in [5.41, 5.74) is 1.15. The Morgan fingerprint density at radius 1 is 1.21 bits per heavy atom. The minimum atomic E-state index is -0.358. The minimum Gasteiger partial charge on any atom is -0.388 e. The van der Waals surface area contributed by atoms with Crippen LogP contribution in [-0.2, 0) is 0 Å². The molecule has 0 aromatic heterocycles. The second-order valence-electron chi connectivity index (χ2n) is 4.83. The van der Waals surface area contributed by atoms with Gasteiger partial charge in [0.1, 0.15) is 0 Å². The lowest BCUT2D eigenvalue weighted by Gasteiger charge is -2.22. The van der Waals surface area contributed by atoms with Gasteiger partial charge in [0.15, 0.2) is 0 Å². The molecule has 0 saturated carbocycles. The Morgan fingerprint density at radius 2 is 1.71 bits per heavy atom. The molecule has 0 aliphatic rings. The van der Waals surface area contributed by atoms with Crippen molar-refractivity contribution < 1.29 is 5.11 Å². The van der Waals surface area contributed by atoms with Gasteiger partial charge in [-0.1, -0.05) is 48.8 Å². The fraction of sp³-hybridized carbons (Fsp3) is 0.500. The maximum absolute atomic E-state index is 9.93. The van der Waals surface area contributed by atoms with Gasteiger partial charge in [-0.05, 0) is 29.5 Å². The molecule has 0 bridgehead atoms. The molecule has 0 spiro atoms. The zero-order chi connectivity index (χ0) is 10.8. The summed E-state index contributed by atoms with van der Waals surface area (Å²) in [5, 5.41) is 9.93. The molecule has 14 heavy (non-hydrogen) atoms. The largest absolute Gasteiger partial charge is 0.388 e. The van der Waals surface area contributed by atoms with Gasteiger partial charge in [-0.2, -0.15) is 0 Å². The van der Waals surface area contributed by atoms with Crippen LogP contribution in [0.1, 0.15) is 38.9 Å². The summed E-state index contributed by atoms with van der Waals surface area (Å²) in [6, 6.07) is 7.84. The van der Waals surface area contributed by atoms with Crippen molar-refractivity contribution in [1.82, 2.24) is 0 Å². The molecule has 0 unspecified atom stereocenters. The van der Waals surface area contributed by atoms with Crippen molar-refractivity contribution >= 4 is 15.9 Å². The van der Waals surface area contributed by atoms with Crippen LogP contribution in [0, 0.1) is 5.41 Å². The summed E-state index contributed by atoms with van der Waals surface area (Å²) < 4.78 is 1.05. The molecule has 1 aromatic rings. The van der Waals surface area contributed by atoms with Crippen LogP contribution in [0.5, 0.6) is 0 Å². The fourth-order valence-corrected chi connectivity index (χ4v) is 1.65. The number of aliphatic hydroxyl groups excluding tert-OH is 1. The van der Waals surface area contributed by atoms with Crippen LogP contribution < -0.4 is 0 Å². The molecule has 1 aromatic carbocycles. The third-order valence-corrected chi connectivity index (χ3v) is 2.59. The van der Waals surface area contributed by atoms with Crippen LogP contribution in [0.15, 0.2) is 28.7 Å². The average Bonchev–Trinajstić information content (AvgIpc) is 2.02. The van der Waals surface area contributed by atoms with Gasteiger partial charge in [0.2, 0.25) is 0 Å². The van der Waals surface area contributed by atoms with Gasteiger partial charge in [-0.15, -0.1) is 0 Å². The molecule has 78 valence electrons. The Bertz CT molecular complexity index is 284. The van der Waals surface area contributed by atoms with Crippen LogP contribution in [0.3, 0.4) is 0 Å². The van der Waals surface area contributed by atoms with Crippen molar-refractivity contribution in [2.24, 2.45) is 5.41 Å². The Labute approximate surface area is 94.3 Å². The topological polar surface area (TPSA) is 20.2 Å². The van der Waals surface area contributed by atoms with Crippen LogP contribution in [0.2, 0.25) is 0 Å². The van der Waals surface area contributed by atoms with Crippen molar-refractivity contribution in [1.29, 1.82) is 0 Å². The predicted molar refractivity (Wildman–Crippen MR) is 63.2 cm³/mol. The Morgan fingerprint density at radius 3 is 2.14 bits per heavy atom. The first kappa shape index (κ1) is 11.7. The summed E-state index contributed by atoms with van der Waals surface area (Å²) in [7, 11) is 0. The average molecular weight is 257 g/mol. The van der Waals surface area contributed by atoms with E-state index in [0.29, 0.717) is 0 Å². The first-order valence-electron chi connectivity index (χ1n) is 4.82. The summed E-state index contributed by atoms with van der Waals surface area (Å²) in [6.07, 6.45) is 0.428. The van der Waals surface area contributed by atoms with Gasteiger partial charge >= 0.3 is 0 Å². The van der Waals surface area contributed by atoms with E-state index in [1.165, 1.54) is 0 Å². The van der Waals surface area contributed by atoms with E-state index in [2.05, 4.69) is 36.7 Å². The van der Waals surface area contributed by atoms with E-state index in [1.54, 1.807) is 0 Å². The molecule has 0 radical (unpaired) electrons. The quantitative estimate of drug-likeness (QED) is 0.851. The molecule has 0 aliphatic heterocycles. The van der Waals surface area contributed by atoms with Gasteiger partial charge in [0, 0.05) is 4.47 Å². The lowest BCUT2D eigenvalue weighted by molar-refractivity contribution is 0.122. The third kappa shape index (κ3) is 3.81. The highest BCUT2D eigenvalue weighted by Gasteiger charge is 2.17. The highest BCUT2D eigenvalue weighted by atomic mass is 79.9. The summed E-state index contributed by atoms with van der Waals surface area (Å²) >= 11 is 3.37. The van der Waals surface area contributed by atoms with Gasteiger partial charge in [-0.3, -0.25) is 0 Å². The summed E-state index contributed by atoms with van der Waals surface area (Å²) in [4.78, 5) is 0. The van der Waals surface area contributed by atoms with Crippen molar-refractivity contribution in [2.75, 3.05) is 0 Å². The molecule has 2 heteroatoms. The van der Waals surface area contributed by atoms with Gasteiger partial charge in [-0.25, -0.2) is 0 Å². The minimum absolute atomic E-state index is 0.159. The highest BCUT2D eigenvalue weighted by molar-refractivity contribution is 9.10. The van der Waals surface area contributed by atoms with Crippen LogP contribution >= 0.6 is 15.9 Å². The number of halogens is 1. The predicted octanol–water partition coefficient (Wildman–Crippen LogP) is 3.92. The van der Waals surface area contributed by atoms with E-state index in [0.717, 1.165) is 16.5 Å². The van der Waals surface area contributed by atoms with Gasteiger partial charge in [0.25, 0.3) is 0 Å². The number of rotatable bonds is 2. The number of aliphatic hydroxyl groups is 1. The molecule has 0 heterocycles. The van der Waals surface area contributed by atoms with Gasteiger partial charge < -0.3 is 5.11 Å². The number of hydrogen-bond donors (Lipinski definition) is 1. The maximum Gasteiger partial charge on any atom is 0.0795 e. The van der Waals surface area contributed by atoms with Crippen LogP contribution in [0.4, 0.5) is 0 Å². The lowest BCUT2D eigenvalue weighted by atomic mass is 9.87. The Balaban J connectivity index is 2.70. The second-order valence-corrected chi connectivity index (χ2v) is 5.75. The van der Waals surface area contributed by atoms with E-state index >= 15 is 0 Å². The Hall–Kier alpha value is -0.340. The monoisotopic (exact) mass is 256 g/mol. The summed E-state index contributed by atoms with van der Waals surface area (Å²) in [6.45, 7) is 6.40. The van der Waals surface area contributed by atoms with E-state index < -0.39 is 0 Å². The molecule has 0 saturated heterocycles. The first-order chi connectivity index (χ1) is 6.38. The maximum atomic E-state index is 9.93. The van der Waals surface area contributed by atoms with Crippen LogP contribution in [0.25, 0.3) is 0 Å². The van der Waals surface area contributed by atoms with Crippen molar-refractivity contribution in [2.45, 2.75) is 33.3 Å². The fourth-order valence-electron chi connectivity index (χ4n) is 1.38. The highest BCUT2D eigenvalue weighted by Crippen LogP contribution is 2.29. The molecular formula is C12H17BrO. The molecule has 1 rings (SSSR count). The number of hydrogen-bond acceptors (Lipinski definition) is 1. The molecule has 1 N–H and O–H groups in total. The van der Waals surface area contributed by atoms with Crippen LogP contribution in [-0.4, -0.2) is 5.11 Å². The lowest BCUT2D eigenvalue weighted by Crippen LogP contribution is -2.11. The molecule has 0 fully saturated rings. The Kier molecular flexibility index (Phi) is 3.73. The molecule has 0 aliphatic carbocycles. The van der Waals surface area contributed by atoms with E-state index in [-0.39, 0.29) is 11.5 Å². The van der Waals surface area contributed by atoms with Crippen molar-refractivity contribution in [3.05, 3.63) is 34.3 Å². The summed E-state index contributed by atoms with van der Waals surface area (Å²) in [5.74, 6) is 0. The van der Waals surface area contributed by atoms with E-state index in [9.17, 15) is 5.11 Å². The zero-order valence-corrected chi connectivity index (χ0v) is 10.5. The van der Waals surface area contributed by atoms with E-state index in [1.807, 2.05) is 24.3 Å². The number of benzene rings is 1. The SMILES string of the molecule is CC(C)(C)C[C@@H](O)c1ccc(Br)cc1. The molecular weight excluding hydrogens is 240 g/mol. The second kappa shape index (κ2) is 4.45. The van der Waals surface area contributed by atoms with Crippen molar-refractivity contribution in [3.8, 4) is 0 Å². The third-order valence-electron chi connectivity index (χ3n) is 2.06. The molecule has 1 atom stereocenters. The smallest absolute Gasteiger partial charge is 0.0795 e. The van der Waals surface area contributed by atoms with E-state index in [4.69, 9.17) is 0 Å². The normalized spacial score (nSPS) is 14.1. The standard InChI is InChI=1S/C12H17BrO/c1-12(2,3)8-11(14)9-4-6-10(13)7-5-9/h4-7,11,14H,8H2,1-3H3/t11-/m1/s1. The molecule has 1 nitrogen and oxygen atoms in total. The van der Waals surface area contributed by atoms with Crippen molar-refractivity contribution in [3.63, 3.8) is 0 Å². The zero-order valence-electron chi connectivity index (χ0n) is 8.92. The first-order valence-corrected chi connectivity index (χ1v) is 5.61. The van der Waals surface area contributed by atoms with Gasteiger partial charge in [0.05, 0.1) is 6.10 Å². The molecule has 0 amide bonds.